The van der Waals surface area contributed by atoms with Gasteiger partial charge in [0.15, 0.2) is 0 Å². The Balaban J connectivity index is 3.09. The van der Waals surface area contributed by atoms with Crippen molar-refractivity contribution in [2.45, 2.75) is 4.90 Å². The van der Waals surface area contributed by atoms with Gasteiger partial charge in [0.05, 0.1) is 9.82 Å². The van der Waals surface area contributed by atoms with Crippen LogP contribution >= 0.6 is 11.8 Å². The van der Waals surface area contributed by atoms with Crippen molar-refractivity contribution in [2.24, 2.45) is 0 Å². The minimum absolute atomic E-state index is 0.0424. The Bertz CT molecular complexity index is 574. The Kier molecular flexibility index (Phi) is 5.15. The third-order valence-corrected chi connectivity index (χ3v) is 4.96. The summed E-state index contributed by atoms with van der Waals surface area (Å²) in [7, 11) is -2.20. The van der Waals surface area contributed by atoms with Crippen molar-refractivity contribution in [3.63, 3.8) is 0 Å². The number of nitrogens with zero attached hydrogens (tertiary/aromatic N) is 2. The predicted molar refractivity (Wildman–Crippen MR) is 75.7 cm³/mol. The topological polar surface area (TPSA) is 107 Å². The molecule has 0 atom stereocenters. The van der Waals surface area contributed by atoms with E-state index in [1.54, 1.807) is 0 Å². The molecule has 9 heteroatoms. The van der Waals surface area contributed by atoms with Crippen LogP contribution in [0, 0.1) is 10.1 Å². The van der Waals surface area contributed by atoms with Gasteiger partial charge >= 0.3 is 0 Å². The van der Waals surface area contributed by atoms with E-state index in [1.165, 1.54) is 29.2 Å². The van der Waals surface area contributed by atoms with Crippen LogP contribution in [0.4, 0.5) is 11.4 Å². The molecule has 1 aromatic carbocycles. The lowest BCUT2D eigenvalue weighted by Gasteiger charge is -2.16. The van der Waals surface area contributed by atoms with Crippen LogP contribution in [-0.4, -0.2) is 43.2 Å². The SMILES string of the molecule is CSCCN(C)S(=O)(=O)c1ccc([N+](=O)[O-])c(N)c1. The molecule has 0 saturated heterocycles. The van der Waals surface area contributed by atoms with Crippen molar-refractivity contribution >= 4 is 33.2 Å². The van der Waals surface area contributed by atoms with E-state index in [9.17, 15) is 18.5 Å². The van der Waals surface area contributed by atoms with Crippen LogP contribution in [0.2, 0.25) is 0 Å². The fourth-order valence-electron chi connectivity index (χ4n) is 1.38. The maximum Gasteiger partial charge on any atom is 0.292 e. The quantitative estimate of drug-likeness (QED) is 0.480. The first-order valence-electron chi connectivity index (χ1n) is 5.30. The van der Waals surface area contributed by atoms with Gasteiger partial charge in [0, 0.05) is 25.4 Å². The third-order valence-electron chi connectivity index (χ3n) is 2.51. The van der Waals surface area contributed by atoms with Crippen molar-refractivity contribution in [1.29, 1.82) is 0 Å². The molecular weight excluding hydrogens is 290 g/mol. The van der Waals surface area contributed by atoms with E-state index in [-0.39, 0.29) is 16.3 Å². The van der Waals surface area contributed by atoms with Gasteiger partial charge in [-0.3, -0.25) is 10.1 Å². The highest BCUT2D eigenvalue weighted by atomic mass is 32.2. The molecule has 7 nitrogen and oxygen atoms in total. The molecule has 1 rings (SSSR count). The van der Waals surface area contributed by atoms with Gasteiger partial charge in [0.2, 0.25) is 10.0 Å². The van der Waals surface area contributed by atoms with Crippen LogP contribution in [0.5, 0.6) is 0 Å². The highest BCUT2D eigenvalue weighted by molar-refractivity contribution is 7.98. The van der Waals surface area contributed by atoms with Gasteiger partial charge in [0.1, 0.15) is 5.69 Å². The highest BCUT2D eigenvalue weighted by Crippen LogP contribution is 2.25. The molecule has 1 aromatic rings. The second-order valence-electron chi connectivity index (χ2n) is 3.80. The maximum atomic E-state index is 12.2. The smallest absolute Gasteiger partial charge is 0.292 e. The lowest BCUT2D eigenvalue weighted by Crippen LogP contribution is -2.29. The Morgan fingerprint density at radius 3 is 2.58 bits per heavy atom. The minimum atomic E-state index is -3.66. The largest absolute Gasteiger partial charge is 0.393 e. The number of benzene rings is 1. The summed E-state index contributed by atoms with van der Waals surface area (Å²) < 4.78 is 25.5. The van der Waals surface area contributed by atoms with Crippen LogP contribution < -0.4 is 5.73 Å². The number of sulfonamides is 1. The van der Waals surface area contributed by atoms with Crippen molar-refractivity contribution in [1.82, 2.24) is 4.31 Å². The molecule has 0 unspecified atom stereocenters. The molecule has 0 amide bonds. The summed E-state index contributed by atoms with van der Waals surface area (Å²) in [5, 5.41) is 10.6. The van der Waals surface area contributed by atoms with Crippen LogP contribution in [0.25, 0.3) is 0 Å². The van der Waals surface area contributed by atoms with Crippen molar-refractivity contribution in [3.8, 4) is 0 Å². The number of nitro benzene ring substituents is 1. The zero-order chi connectivity index (χ0) is 14.6. The molecule has 0 radical (unpaired) electrons. The zero-order valence-corrected chi connectivity index (χ0v) is 12.2. The normalized spacial score (nSPS) is 11.7. The summed E-state index contributed by atoms with van der Waals surface area (Å²) in [4.78, 5) is 9.93. The van der Waals surface area contributed by atoms with Gasteiger partial charge in [-0.15, -0.1) is 0 Å². The first kappa shape index (κ1) is 15.7. The number of rotatable bonds is 6. The monoisotopic (exact) mass is 305 g/mol. The zero-order valence-electron chi connectivity index (χ0n) is 10.6. The minimum Gasteiger partial charge on any atom is -0.393 e. The van der Waals surface area contributed by atoms with E-state index < -0.39 is 14.9 Å². The number of nitrogens with two attached hydrogens (primary N) is 1. The molecule has 0 fully saturated rings. The molecule has 106 valence electrons. The summed E-state index contributed by atoms with van der Waals surface area (Å²) >= 11 is 1.53. The molecular formula is C10H15N3O4S2. The van der Waals surface area contributed by atoms with E-state index in [1.807, 2.05) is 6.26 Å². The van der Waals surface area contributed by atoms with Crippen LogP contribution in [0.15, 0.2) is 23.1 Å². The Hall–Kier alpha value is -1.32. The molecule has 0 spiro atoms. The fraction of sp³-hybridized carbons (Fsp3) is 0.400. The second-order valence-corrected chi connectivity index (χ2v) is 6.83. The van der Waals surface area contributed by atoms with Crippen molar-refractivity contribution in [2.75, 3.05) is 31.3 Å². The van der Waals surface area contributed by atoms with E-state index in [4.69, 9.17) is 5.73 Å². The highest BCUT2D eigenvalue weighted by Gasteiger charge is 2.23. The lowest BCUT2D eigenvalue weighted by atomic mass is 10.3. The number of anilines is 1. The molecule has 2 N–H and O–H groups in total. The number of nitrogen functional groups attached to an aromatic ring is 1. The molecule has 0 aliphatic carbocycles. The van der Waals surface area contributed by atoms with E-state index in [0.717, 1.165) is 12.1 Å². The van der Waals surface area contributed by atoms with Crippen molar-refractivity contribution < 1.29 is 13.3 Å². The van der Waals surface area contributed by atoms with Crippen LogP contribution in [0.1, 0.15) is 0 Å². The molecule has 0 bridgehead atoms. The Labute approximate surface area is 116 Å². The average molecular weight is 305 g/mol. The molecule has 0 saturated carbocycles. The number of nitro groups is 1. The first-order chi connectivity index (χ1) is 8.80. The average Bonchev–Trinajstić information content (AvgIpc) is 2.35. The van der Waals surface area contributed by atoms with Gasteiger partial charge in [-0.2, -0.15) is 11.8 Å². The number of thioether (sulfide) groups is 1. The Morgan fingerprint density at radius 1 is 1.47 bits per heavy atom. The molecule has 19 heavy (non-hydrogen) atoms. The molecule has 0 aromatic heterocycles. The van der Waals surface area contributed by atoms with Gasteiger partial charge in [0.25, 0.3) is 5.69 Å². The molecule has 0 heterocycles. The standard InChI is InChI=1S/C10H15N3O4S2/c1-12(5-6-18-2)19(16,17)8-3-4-10(13(14)15)9(11)7-8/h3-4,7H,5-6,11H2,1-2H3. The lowest BCUT2D eigenvalue weighted by molar-refractivity contribution is -0.383. The Morgan fingerprint density at radius 2 is 2.11 bits per heavy atom. The summed E-state index contributed by atoms with van der Waals surface area (Å²) in [6.45, 7) is 0.362. The summed E-state index contributed by atoms with van der Waals surface area (Å²) in [5.41, 5.74) is 5.03. The van der Waals surface area contributed by atoms with E-state index >= 15 is 0 Å². The van der Waals surface area contributed by atoms with Crippen LogP contribution in [0.3, 0.4) is 0 Å². The summed E-state index contributed by atoms with van der Waals surface area (Å²) in [6, 6.07) is 3.41. The summed E-state index contributed by atoms with van der Waals surface area (Å²) in [5.74, 6) is 0.665. The molecule has 0 aliphatic rings. The van der Waals surface area contributed by atoms with Gasteiger partial charge in [-0.25, -0.2) is 12.7 Å². The first-order valence-corrected chi connectivity index (χ1v) is 8.13. The second kappa shape index (κ2) is 6.22. The summed E-state index contributed by atoms with van der Waals surface area (Å²) in [6.07, 6.45) is 1.88. The van der Waals surface area contributed by atoms with E-state index in [0.29, 0.717) is 12.3 Å². The third kappa shape index (κ3) is 3.58. The van der Waals surface area contributed by atoms with Gasteiger partial charge < -0.3 is 5.73 Å². The van der Waals surface area contributed by atoms with Gasteiger partial charge in [-0.05, 0) is 18.4 Å². The maximum absolute atomic E-state index is 12.2. The fourth-order valence-corrected chi connectivity index (χ4v) is 3.16. The predicted octanol–water partition coefficient (Wildman–Crippen LogP) is 1.16. The molecule has 0 aliphatic heterocycles. The van der Waals surface area contributed by atoms with E-state index in [2.05, 4.69) is 0 Å². The van der Waals surface area contributed by atoms with Crippen molar-refractivity contribution in [3.05, 3.63) is 28.3 Å². The number of hydrogen-bond donors (Lipinski definition) is 1. The van der Waals surface area contributed by atoms with Gasteiger partial charge in [-0.1, -0.05) is 0 Å². The number of hydrogen-bond acceptors (Lipinski definition) is 6. The van der Waals surface area contributed by atoms with Crippen LogP contribution in [-0.2, 0) is 10.0 Å².